The first kappa shape index (κ1) is 16.1. The average Bonchev–Trinajstić information content (AvgIpc) is 2.26. The Morgan fingerprint density at radius 2 is 1.82 bits per heavy atom. The molecule has 0 aliphatic heterocycles. The number of nitrogens with one attached hydrogen (secondary N) is 2. The highest BCUT2D eigenvalue weighted by Gasteiger charge is 2.34. The number of carbonyl (C=O) groups is 2. The lowest BCUT2D eigenvalue weighted by molar-refractivity contribution is -0.140. The summed E-state index contributed by atoms with van der Waals surface area (Å²) < 4.78 is 0. The lowest BCUT2D eigenvalue weighted by Gasteiger charge is -2.23. The Bertz CT molecular complexity index is 262. The summed E-state index contributed by atoms with van der Waals surface area (Å²) in [4.78, 5) is 23.7. The van der Waals surface area contributed by atoms with Gasteiger partial charge in [-0.2, -0.15) is 0 Å². The number of amides is 1. The lowest BCUT2D eigenvalue weighted by atomic mass is 9.84. The van der Waals surface area contributed by atoms with E-state index < -0.39 is 5.41 Å². The highest BCUT2D eigenvalue weighted by atomic mass is 16.2. The van der Waals surface area contributed by atoms with E-state index in [-0.39, 0.29) is 11.7 Å². The molecule has 0 radical (unpaired) electrons. The molecule has 0 fully saturated rings. The van der Waals surface area contributed by atoms with Gasteiger partial charge in [0.15, 0.2) is 0 Å². The van der Waals surface area contributed by atoms with Crippen LogP contribution >= 0.6 is 0 Å². The Hall–Kier alpha value is -0.900. The third-order valence-corrected chi connectivity index (χ3v) is 2.91. The van der Waals surface area contributed by atoms with Gasteiger partial charge < -0.3 is 10.6 Å². The fraction of sp³-hybridized carbons (Fsp3) is 0.846. The summed E-state index contributed by atoms with van der Waals surface area (Å²) >= 11 is 0. The van der Waals surface area contributed by atoms with Crippen molar-refractivity contribution < 1.29 is 9.59 Å². The van der Waals surface area contributed by atoms with Gasteiger partial charge in [-0.15, -0.1) is 0 Å². The van der Waals surface area contributed by atoms with Crippen LogP contribution in [0, 0.1) is 11.3 Å². The van der Waals surface area contributed by atoms with Crippen molar-refractivity contribution in [2.45, 2.75) is 40.5 Å². The van der Waals surface area contributed by atoms with E-state index in [1.165, 1.54) is 0 Å². The van der Waals surface area contributed by atoms with E-state index in [0.29, 0.717) is 18.9 Å². The maximum absolute atomic E-state index is 11.9. The van der Waals surface area contributed by atoms with E-state index in [0.717, 1.165) is 13.0 Å². The van der Waals surface area contributed by atoms with Gasteiger partial charge in [0.1, 0.15) is 11.2 Å². The highest BCUT2D eigenvalue weighted by molar-refractivity contribution is 6.05. The summed E-state index contributed by atoms with van der Waals surface area (Å²) in [5.41, 5.74) is -0.907. The van der Waals surface area contributed by atoms with Crippen molar-refractivity contribution in [3.8, 4) is 0 Å². The van der Waals surface area contributed by atoms with E-state index >= 15 is 0 Å². The van der Waals surface area contributed by atoms with E-state index in [9.17, 15) is 9.59 Å². The molecule has 0 aliphatic carbocycles. The van der Waals surface area contributed by atoms with Gasteiger partial charge in [-0.3, -0.25) is 9.59 Å². The molecule has 0 aliphatic rings. The summed E-state index contributed by atoms with van der Waals surface area (Å²) in [5.74, 6) is 0.207. The van der Waals surface area contributed by atoms with Gasteiger partial charge >= 0.3 is 0 Å². The average molecular weight is 242 g/mol. The molecule has 17 heavy (non-hydrogen) atoms. The van der Waals surface area contributed by atoms with Crippen LogP contribution in [-0.4, -0.2) is 31.8 Å². The molecule has 1 atom stereocenters. The molecular weight excluding hydrogens is 216 g/mol. The number of Topliss-reactive ketones (excluding diaryl/α,β-unsaturated/α-hetero) is 1. The zero-order chi connectivity index (χ0) is 13.5. The number of hydrogen-bond acceptors (Lipinski definition) is 3. The van der Waals surface area contributed by atoms with Crippen LogP contribution in [0.15, 0.2) is 0 Å². The zero-order valence-corrected chi connectivity index (χ0v) is 11.7. The third-order valence-electron chi connectivity index (χ3n) is 2.91. The van der Waals surface area contributed by atoms with Crippen LogP contribution in [0.25, 0.3) is 0 Å². The van der Waals surface area contributed by atoms with Crippen molar-refractivity contribution in [2.24, 2.45) is 11.3 Å². The predicted octanol–water partition coefficient (Wildman–Crippen LogP) is 1.35. The summed E-state index contributed by atoms with van der Waals surface area (Å²) in [7, 11) is 1.88. The maximum atomic E-state index is 11.9. The molecule has 0 aromatic carbocycles. The van der Waals surface area contributed by atoms with E-state index in [1.807, 2.05) is 14.0 Å². The van der Waals surface area contributed by atoms with Crippen molar-refractivity contribution in [1.82, 2.24) is 10.6 Å². The van der Waals surface area contributed by atoms with Crippen molar-refractivity contribution >= 4 is 11.7 Å². The third kappa shape index (κ3) is 5.31. The molecule has 0 spiro atoms. The summed E-state index contributed by atoms with van der Waals surface area (Å²) in [5, 5.41) is 5.90. The minimum atomic E-state index is -0.907. The van der Waals surface area contributed by atoms with Crippen molar-refractivity contribution in [3.05, 3.63) is 0 Å². The molecule has 4 nitrogen and oxygen atoms in total. The second-order valence-corrected chi connectivity index (χ2v) is 5.17. The van der Waals surface area contributed by atoms with Crippen molar-refractivity contribution in [1.29, 1.82) is 0 Å². The molecule has 1 amide bonds. The normalized spacial score (nSPS) is 13.2. The van der Waals surface area contributed by atoms with Gasteiger partial charge in [0.2, 0.25) is 5.91 Å². The largest absolute Gasteiger partial charge is 0.355 e. The number of hydrogen-bond donors (Lipinski definition) is 2. The van der Waals surface area contributed by atoms with Crippen LogP contribution in [0.1, 0.15) is 40.5 Å². The number of ketones is 1. The topological polar surface area (TPSA) is 58.2 Å². The van der Waals surface area contributed by atoms with Crippen LogP contribution in [0.5, 0.6) is 0 Å². The first-order valence-electron chi connectivity index (χ1n) is 6.32. The fourth-order valence-electron chi connectivity index (χ4n) is 1.57. The maximum Gasteiger partial charge on any atom is 0.233 e. The van der Waals surface area contributed by atoms with Gasteiger partial charge in [0.25, 0.3) is 0 Å². The van der Waals surface area contributed by atoms with Gasteiger partial charge in [0, 0.05) is 13.0 Å². The molecule has 0 saturated heterocycles. The number of rotatable bonds is 8. The van der Waals surface area contributed by atoms with Crippen LogP contribution in [0.2, 0.25) is 0 Å². The van der Waals surface area contributed by atoms with E-state index in [4.69, 9.17) is 0 Å². The monoisotopic (exact) mass is 242 g/mol. The summed E-state index contributed by atoms with van der Waals surface area (Å²) in [6.45, 7) is 8.84. The molecule has 100 valence electrons. The smallest absolute Gasteiger partial charge is 0.233 e. The van der Waals surface area contributed by atoms with Crippen LogP contribution in [-0.2, 0) is 9.59 Å². The molecular formula is C13H26N2O2. The standard InChI is InChI=1S/C13H26N2O2/c1-6-7-11(16)13(3,4)12(17)15-9-10(2)8-14-5/h10,14H,6-9H2,1-5H3,(H,15,17). The first-order valence-corrected chi connectivity index (χ1v) is 6.32. The van der Waals surface area contributed by atoms with Crippen molar-refractivity contribution in [3.63, 3.8) is 0 Å². The predicted molar refractivity (Wildman–Crippen MR) is 69.8 cm³/mol. The molecule has 0 heterocycles. The van der Waals surface area contributed by atoms with Crippen LogP contribution in [0.4, 0.5) is 0 Å². The van der Waals surface area contributed by atoms with E-state index in [2.05, 4.69) is 17.6 Å². The highest BCUT2D eigenvalue weighted by Crippen LogP contribution is 2.19. The molecule has 0 saturated carbocycles. The lowest BCUT2D eigenvalue weighted by Crippen LogP contribution is -2.44. The van der Waals surface area contributed by atoms with Gasteiger partial charge in [-0.1, -0.05) is 13.8 Å². The molecule has 0 rings (SSSR count). The van der Waals surface area contributed by atoms with Gasteiger partial charge in [-0.05, 0) is 39.8 Å². The first-order chi connectivity index (χ1) is 7.86. The molecule has 4 heteroatoms. The van der Waals surface area contributed by atoms with Gasteiger partial charge in [-0.25, -0.2) is 0 Å². The zero-order valence-electron chi connectivity index (χ0n) is 11.7. The molecule has 1 unspecified atom stereocenters. The Labute approximate surface area is 105 Å². The number of carbonyl (C=O) groups excluding carboxylic acids is 2. The van der Waals surface area contributed by atoms with Crippen LogP contribution < -0.4 is 10.6 Å². The quantitative estimate of drug-likeness (QED) is 0.632. The molecule has 0 aromatic heterocycles. The molecule has 2 N–H and O–H groups in total. The van der Waals surface area contributed by atoms with Crippen LogP contribution in [0.3, 0.4) is 0 Å². The van der Waals surface area contributed by atoms with E-state index in [1.54, 1.807) is 13.8 Å². The second-order valence-electron chi connectivity index (χ2n) is 5.17. The van der Waals surface area contributed by atoms with Crippen molar-refractivity contribution in [2.75, 3.05) is 20.1 Å². The Morgan fingerprint density at radius 1 is 1.24 bits per heavy atom. The Kier molecular flexibility index (Phi) is 7.04. The van der Waals surface area contributed by atoms with Gasteiger partial charge in [0.05, 0.1) is 0 Å². The molecule has 0 bridgehead atoms. The summed E-state index contributed by atoms with van der Waals surface area (Å²) in [6, 6.07) is 0. The SMILES string of the molecule is CCCC(=O)C(C)(C)C(=O)NCC(C)CNC. The minimum absolute atomic E-state index is 0.0127. The second kappa shape index (κ2) is 7.43. The Morgan fingerprint density at radius 3 is 2.29 bits per heavy atom. The summed E-state index contributed by atoms with van der Waals surface area (Å²) in [6.07, 6.45) is 1.25. The minimum Gasteiger partial charge on any atom is -0.355 e. The fourth-order valence-corrected chi connectivity index (χ4v) is 1.57. The Balaban J connectivity index is 4.24. The molecule has 0 aromatic rings.